The van der Waals surface area contributed by atoms with Crippen LogP contribution in [0.15, 0.2) is 35.5 Å². The molecule has 0 aliphatic carbocycles. The molecule has 3 heterocycles. The van der Waals surface area contributed by atoms with E-state index in [0.29, 0.717) is 46.2 Å². The van der Waals surface area contributed by atoms with Crippen molar-refractivity contribution in [1.29, 1.82) is 5.26 Å². The van der Waals surface area contributed by atoms with E-state index in [1.165, 1.54) is 12.1 Å². The van der Waals surface area contributed by atoms with Crippen LogP contribution >= 0.6 is 0 Å². The van der Waals surface area contributed by atoms with Crippen LogP contribution in [0.5, 0.6) is 5.75 Å². The Morgan fingerprint density at radius 1 is 1.32 bits per heavy atom. The number of anilines is 1. The summed E-state index contributed by atoms with van der Waals surface area (Å²) in [5, 5.41) is 14.3. The summed E-state index contributed by atoms with van der Waals surface area (Å²) in [6.07, 6.45) is 1.07. The van der Waals surface area contributed by atoms with E-state index in [2.05, 4.69) is 21.1 Å². The Morgan fingerprint density at radius 2 is 2.10 bits per heavy atom. The smallest absolute Gasteiger partial charge is 0.166 e. The highest BCUT2D eigenvalue weighted by Crippen LogP contribution is 2.35. The second-order valence-electron chi connectivity index (χ2n) is 7.41. The number of benzene rings is 1. The van der Waals surface area contributed by atoms with Crippen LogP contribution in [0.3, 0.4) is 0 Å². The average molecular weight is 419 g/mol. The van der Waals surface area contributed by atoms with E-state index in [9.17, 15) is 9.65 Å². The molecule has 8 nitrogen and oxygen atoms in total. The third kappa shape index (κ3) is 3.46. The van der Waals surface area contributed by atoms with Gasteiger partial charge in [-0.2, -0.15) is 10.4 Å². The zero-order valence-corrected chi connectivity index (χ0v) is 17.7. The van der Waals surface area contributed by atoms with Crippen molar-refractivity contribution in [3.8, 4) is 22.9 Å². The van der Waals surface area contributed by atoms with Gasteiger partial charge in [0.1, 0.15) is 29.5 Å². The standard InChI is InChI=1S/C22H22FN7O/c1-12-16-8-14(23)5-6-15(16)22(26-2)29(3)11-17-20(18(9-24)30(4)28-17)13-7-19(31-12)21(25)27-10-13/h5-8,10,12H,11H2,1-4H3,(H2,25,27)/t12-/m1/s1. The third-order valence-electron chi connectivity index (χ3n) is 5.35. The maximum absolute atomic E-state index is 14.1. The predicted molar refractivity (Wildman–Crippen MR) is 115 cm³/mol. The molecule has 0 radical (unpaired) electrons. The van der Waals surface area contributed by atoms with Crippen LogP contribution in [0.1, 0.15) is 35.5 Å². The molecule has 158 valence electrons. The number of hydrogen-bond acceptors (Lipinski definition) is 6. The van der Waals surface area contributed by atoms with Crippen molar-refractivity contribution in [2.45, 2.75) is 19.6 Å². The number of rotatable bonds is 0. The van der Waals surface area contributed by atoms with Crippen LogP contribution in [-0.2, 0) is 13.6 Å². The van der Waals surface area contributed by atoms with Crippen molar-refractivity contribution in [3.63, 3.8) is 0 Å². The van der Waals surface area contributed by atoms with Crippen LogP contribution < -0.4 is 10.5 Å². The lowest BCUT2D eigenvalue weighted by molar-refractivity contribution is 0.226. The SMILES string of the molecule is CN=C1c2ccc(F)cc2[C@@H](C)Oc2cc(cnc2N)-c2c(nn(C)c2C#N)CN1C. The number of amidine groups is 1. The molecule has 2 bridgehead atoms. The molecule has 0 saturated heterocycles. The molecule has 2 N–H and O–H groups in total. The van der Waals surface area contributed by atoms with Crippen molar-refractivity contribution in [1.82, 2.24) is 19.7 Å². The maximum atomic E-state index is 14.1. The van der Waals surface area contributed by atoms with Crippen LogP contribution in [0, 0.1) is 17.1 Å². The van der Waals surface area contributed by atoms with Gasteiger partial charge in [0, 0.05) is 49.6 Å². The molecule has 1 aromatic carbocycles. The first-order valence-electron chi connectivity index (χ1n) is 9.70. The summed E-state index contributed by atoms with van der Waals surface area (Å²) < 4.78 is 21.8. The molecule has 3 aromatic rings. The lowest BCUT2D eigenvalue weighted by atomic mass is 9.99. The van der Waals surface area contributed by atoms with Gasteiger partial charge >= 0.3 is 0 Å². The molecule has 4 rings (SSSR count). The molecule has 0 fully saturated rings. The monoisotopic (exact) mass is 419 g/mol. The summed E-state index contributed by atoms with van der Waals surface area (Å²) in [4.78, 5) is 10.6. The van der Waals surface area contributed by atoms with Crippen molar-refractivity contribution < 1.29 is 9.13 Å². The van der Waals surface area contributed by atoms with E-state index in [0.717, 1.165) is 5.56 Å². The summed E-state index contributed by atoms with van der Waals surface area (Å²) in [5.74, 6) is 0.833. The van der Waals surface area contributed by atoms with Gasteiger partial charge in [0.05, 0.1) is 12.2 Å². The third-order valence-corrected chi connectivity index (χ3v) is 5.35. The van der Waals surface area contributed by atoms with Gasteiger partial charge in [-0.3, -0.25) is 9.67 Å². The van der Waals surface area contributed by atoms with Crippen LogP contribution in [0.25, 0.3) is 11.1 Å². The fourth-order valence-corrected chi connectivity index (χ4v) is 3.93. The molecule has 31 heavy (non-hydrogen) atoms. The fourth-order valence-electron chi connectivity index (χ4n) is 3.93. The van der Waals surface area contributed by atoms with Crippen LogP contribution in [-0.4, -0.2) is 39.6 Å². The van der Waals surface area contributed by atoms with Crippen LogP contribution in [0.2, 0.25) is 0 Å². The number of nitrogens with two attached hydrogens (primary N) is 1. The number of nitrogen functional groups attached to an aromatic ring is 1. The zero-order chi connectivity index (χ0) is 22.3. The molecule has 1 atom stereocenters. The quantitative estimate of drug-likeness (QED) is 0.600. The summed E-state index contributed by atoms with van der Waals surface area (Å²) in [6, 6.07) is 8.49. The number of aryl methyl sites for hydroxylation is 1. The molecule has 1 aliphatic rings. The Morgan fingerprint density at radius 3 is 2.81 bits per heavy atom. The van der Waals surface area contributed by atoms with Gasteiger partial charge in [0.25, 0.3) is 0 Å². The van der Waals surface area contributed by atoms with Gasteiger partial charge < -0.3 is 15.4 Å². The zero-order valence-electron chi connectivity index (χ0n) is 17.7. The lowest BCUT2D eigenvalue weighted by Gasteiger charge is -2.26. The molecule has 0 saturated carbocycles. The molecule has 0 unspecified atom stereocenters. The van der Waals surface area contributed by atoms with Crippen molar-refractivity contribution in [2.75, 3.05) is 19.8 Å². The first kappa shape index (κ1) is 20.3. The summed E-state index contributed by atoms with van der Waals surface area (Å²) in [6.45, 7) is 2.20. The number of hydrogen-bond donors (Lipinski definition) is 1. The van der Waals surface area contributed by atoms with Gasteiger partial charge in [-0.1, -0.05) is 0 Å². The lowest BCUT2D eigenvalue weighted by Crippen LogP contribution is -2.29. The number of fused-ring (bicyclic) bond motifs is 5. The number of halogens is 1. The normalized spacial score (nSPS) is 17.1. The van der Waals surface area contributed by atoms with E-state index in [1.807, 2.05) is 18.9 Å². The maximum Gasteiger partial charge on any atom is 0.166 e. The number of nitrogens with zero attached hydrogens (tertiary/aromatic N) is 6. The largest absolute Gasteiger partial charge is 0.482 e. The highest BCUT2D eigenvalue weighted by Gasteiger charge is 2.26. The number of pyridine rings is 1. The topological polar surface area (TPSA) is 105 Å². The number of aromatic nitrogens is 3. The molecule has 0 amide bonds. The molecule has 0 spiro atoms. The Hall–Kier alpha value is -3.93. The first-order chi connectivity index (χ1) is 14.8. The van der Waals surface area contributed by atoms with E-state index >= 15 is 0 Å². The number of nitriles is 1. The highest BCUT2D eigenvalue weighted by atomic mass is 19.1. The average Bonchev–Trinajstić information content (AvgIpc) is 3.05. The number of ether oxygens (including phenoxy) is 1. The molecule has 2 aromatic heterocycles. The molecular weight excluding hydrogens is 397 g/mol. The van der Waals surface area contributed by atoms with E-state index in [-0.39, 0.29) is 11.6 Å². The Labute approximate surface area is 179 Å². The second kappa shape index (κ2) is 7.72. The summed E-state index contributed by atoms with van der Waals surface area (Å²) in [7, 11) is 5.28. The van der Waals surface area contributed by atoms with Crippen LogP contribution in [0.4, 0.5) is 10.2 Å². The van der Waals surface area contributed by atoms with Gasteiger partial charge in [-0.25, -0.2) is 9.37 Å². The molecule has 9 heteroatoms. The predicted octanol–water partition coefficient (Wildman–Crippen LogP) is 3.04. The minimum atomic E-state index is -0.529. The number of aliphatic imine (C=N–C) groups is 1. The minimum absolute atomic E-state index is 0.205. The second-order valence-corrected chi connectivity index (χ2v) is 7.41. The Bertz CT molecular complexity index is 1240. The Balaban J connectivity index is 2.01. The van der Waals surface area contributed by atoms with E-state index < -0.39 is 6.10 Å². The van der Waals surface area contributed by atoms with E-state index in [4.69, 9.17) is 10.5 Å². The van der Waals surface area contributed by atoms with E-state index in [1.54, 1.807) is 37.1 Å². The summed E-state index contributed by atoms with van der Waals surface area (Å²) >= 11 is 0. The summed E-state index contributed by atoms with van der Waals surface area (Å²) in [5.41, 5.74) is 9.86. The highest BCUT2D eigenvalue weighted by molar-refractivity contribution is 6.00. The minimum Gasteiger partial charge on any atom is -0.482 e. The Kier molecular flexibility index (Phi) is 5.07. The molecular formula is C22H22FN7O. The van der Waals surface area contributed by atoms with Crippen molar-refractivity contribution >= 4 is 11.7 Å². The van der Waals surface area contributed by atoms with Crippen molar-refractivity contribution in [3.05, 3.63) is 58.8 Å². The fraction of sp³-hybridized carbons (Fsp3) is 0.273. The van der Waals surface area contributed by atoms with Gasteiger partial charge in [0.15, 0.2) is 11.6 Å². The first-order valence-corrected chi connectivity index (χ1v) is 9.70. The van der Waals surface area contributed by atoms with Gasteiger partial charge in [-0.05, 0) is 31.2 Å². The molecule has 1 aliphatic heterocycles. The van der Waals surface area contributed by atoms with Gasteiger partial charge in [-0.15, -0.1) is 0 Å². The van der Waals surface area contributed by atoms with Crippen molar-refractivity contribution in [2.24, 2.45) is 12.0 Å². The van der Waals surface area contributed by atoms with Gasteiger partial charge in [0.2, 0.25) is 0 Å².